The summed E-state index contributed by atoms with van der Waals surface area (Å²) < 4.78 is 5.07. The van der Waals surface area contributed by atoms with E-state index in [1.165, 1.54) is 11.3 Å². The fourth-order valence-corrected chi connectivity index (χ4v) is 9.63. The molecule has 2 saturated heterocycles. The Balaban J connectivity index is 0.000000232. The predicted octanol–water partition coefficient (Wildman–Crippen LogP) is 9.72. The van der Waals surface area contributed by atoms with Gasteiger partial charge in [0.25, 0.3) is 11.8 Å². The summed E-state index contributed by atoms with van der Waals surface area (Å²) in [4.78, 5) is 76.1. The fourth-order valence-electron chi connectivity index (χ4n) is 7.93. The van der Waals surface area contributed by atoms with E-state index in [1.54, 1.807) is 25.7 Å². The zero-order valence-corrected chi connectivity index (χ0v) is 38.9. The number of anilines is 4. The number of aromatic nitrogens is 2. The lowest BCUT2D eigenvalue weighted by Crippen LogP contribution is -2.45. The highest BCUT2D eigenvalue weighted by Crippen LogP contribution is 2.31. The molecule has 61 heavy (non-hydrogen) atoms. The number of benzene rings is 2. The number of ether oxygens (including phenoxy) is 1. The molecule has 2 aromatic carbocycles. The molecule has 14 nitrogen and oxygen atoms in total. The van der Waals surface area contributed by atoms with E-state index < -0.39 is 0 Å². The molecule has 2 aliphatic rings. The molecule has 6 amide bonds. The van der Waals surface area contributed by atoms with Crippen LogP contribution in [0.25, 0.3) is 0 Å². The lowest BCUT2D eigenvalue weighted by Gasteiger charge is -2.37. The van der Waals surface area contributed by atoms with Gasteiger partial charge in [-0.25, -0.2) is 19.6 Å². The summed E-state index contributed by atoms with van der Waals surface area (Å²) in [7, 11) is 0. The van der Waals surface area contributed by atoms with Gasteiger partial charge in [-0.1, -0.05) is 71.9 Å². The fraction of sp³-hybridized carbons (Fsp3) is 0.489. The second-order valence-corrected chi connectivity index (χ2v) is 18.9. The highest BCUT2D eigenvalue weighted by atomic mass is 32.1. The average Bonchev–Trinajstić information content (AvgIpc) is 3.74. The van der Waals surface area contributed by atoms with Crippen molar-refractivity contribution in [3.8, 4) is 0 Å². The maximum atomic E-state index is 12.9. The van der Waals surface area contributed by atoms with E-state index >= 15 is 0 Å². The molecule has 328 valence electrons. The molecule has 0 unspecified atom stereocenters. The number of aryl methyl sites for hydroxylation is 8. The second kappa shape index (κ2) is 20.0. The van der Waals surface area contributed by atoms with E-state index in [4.69, 9.17) is 4.74 Å². The Bertz CT molecular complexity index is 2240. The van der Waals surface area contributed by atoms with Crippen LogP contribution in [0.1, 0.15) is 111 Å². The first-order chi connectivity index (χ1) is 28.7. The predicted molar refractivity (Wildman–Crippen MR) is 244 cm³/mol. The van der Waals surface area contributed by atoms with Crippen LogP contribution in [0.2, 0.25) is 0 Å². The van der Waals surface area contributed by atoms with E-state index in [2.05, 4.69) is 45.1 Å². The Labute approximate surface area is 367 Å². The maximum Gasteiger partial charge on any atom is 0.323 e. The molecule has 4 aromatic rings. The van der Waals surface area contributed by atoms with Gasteiger partial charge in [0.1, 0.15) is 9.75 Å². The van der Waals surface area contributed by atoms with Crippen LogP contribution in [0.3, 0.4) is 0 Å². The number of thiazole rings is 2. The highest BCUT2D eigenvalue weighted by Gasteiger charge is 2.31. The van der Waals surface area contributed by atoms with Crippen molar-refractivity contribution in [2.24, 2.45) is 11.3 Å². The quantitative estimate of drug-likeness (QED) is 0.127. The van der Waals surface area contributed by atoms with Crippen molar-refractivity contribution in [1.29, 1.82) is 0 Å². The number of piperidine rings is 2. The number of nitrogens with one attached hydrogen (secondary N) is 4. The minimum atomic E-state index is -0.279. The number of hydrogen-bond acceptors (Lipinski definition) is 10. The van der Waals surface area contributed by atoms with Crippen molar-refractivity contribution in [3.63, 3.8) is 0 Å². The van der Waals surface area contributed by atoms with Crippen LogP contribution in [-0.4, -0.2) is 82.4 Å². The first-order valence-corrected chi connectivity index (χ1v) is 22.4. The molecule has 0 bridgehead atoms. The zero-order chi connectivity index (χ0) is 44.8. The summed E-state index contributed by atoms with van der Waals surface area (Å²) in [5, 5.41) is 12.5. The topological polar surface area (TPSA) is 175 Å². The van der Waals surface area contributed by atoms with Gasteiger partial charge in [0.05, 0.1) is 23.9 Å². The summed E-state index contributed by atoms with van der Waals surface area (Å²) in [5.74, 6) is -0.802. The van der Waals surface area contributed by atoms with Gasteiger partial charge >= 0.3 is 18.0 Å². The van der Waals surface area contributed by atoms with Crippen molar-refractivity contribution in [2.45, 2.75) is 102 Å². The van der Waals surface area contributed by atoms with Gasteiger partial charge in [0, 0.05) is 37.6 Å². The molecule has 2 aliphatic heterocycles. The number of likely N-dealkylation sites (tertiary alicyclic amines) is 2. The Kier molecular flexibility index (Phi) is 15.3. The van der Waals surface area contributed by atoms with Gasteiger partial charge in [-0.2, -0.15) is 0 Å². The van der Waals surface area contributed by atoms with E-state index in [0.29, 0.717) is 63.9 Å². The highest BCUT2D eigenvalue weighted by molar-refractivity contribution is 7.18. The molecule has 0 radical (unpaired) electrons. The smallest absolute Gasteiger partial charge is 0.323 e. The largest absolute Gasteiger partial charge is 0.466 e. The lowest BCUT2D eigenvalue weighted by atomic mass is 9.84. The van der Waals surface area contributed by atoms with Crippen LogP contribution in [-0.2, 0) is 9.53 Å². The molecular formula is C45H60N8O6S2. The van der Waals surface area contributed by atoms with Gasteiger partial charge in [0.2, 0.25) is 0 Å². The number of esters is 1. The van der Waals surface area contributed by atoms with Crippen molar-refractivity contribution >= 4 is 74.2 Å². The van der Waals surface area contributed by atoms with E-state index in [0.717, 1.165) is 82.0 Å². The first-order valence-electron chi connectivity index (χ1n) is 20.8. The van der Waals surface area contributed by atoms with Crippen molar-refractivity contribution < 1.29 is 28.7 Å². The summed E-state index contributed by atoms with van der Waals surface area (Å²) in [5.41, 5.74) is 9.28. The number of amides is 6. The van der Waals surface area contributed by atoms with Crippen LogP contribution in [0.4, 0.5) is 31.2 Å². The Morgan fingerprint density at radius 3 is 1.51 bits per heavy atom. The molecule has 0 atom stereocenters. The Morgan fingerprint density at radius 1 is 0.672 bits per heavy atom. The van der Waals surface area contributed by atoms with Crippen molar-refractivity contribution in [1.82, 2.24) is 19.8 Å². The molecule has 4 N–H and O–H groups in total. The number of hydrogen-bond donors (Lipinski definition) is 4. The molecule has 2 aromatic heterocycles. The van der Waals surface area contributed by atoms with Gasteiger partial charge in [0.15, 0.2) is 10.3 Å². The number of carbonyl (C=O) groups is 5. The van der Waals surface area contributed by atoms with Crippen molar-refractivity contribution in [2.75, 3.05) is 54.1 Å². The number of nitrogens with zero attached hydrogens (tertiary/aromatic N) is 4. The third-order valence-electron chi connectivity index (χ3n) is 10.9. The van der Waals surface area contributed by atoms with Crippen molar-refractivity contribution in [3.05, 3.63) is 78.8 Å². The molecule has 0 saturated carbocycles. The normalized spacial score (nSPS) is 15.0. The van der Waals surface area contributed by atoms with E-state index in [-0.39, 0.29) is 41.2 Å². The Morgan fingerprint density at radius 2 is 1.10 bits per heavy atom. The lowest BCUT2D eigenvalue weighted by molar-refractivity contribution is -0.149. The summed E-state index contributed by atoms with van der Waals surface area (Å²) in [6, 6.07) is 7.72. The summed E-state index contributed by atoms with van der Waals surface area (Å²) >= 11 is 2.36. The monoisotopic (exact) mass is 872 g/mol. The van der Waals surface area contributed by atoms with Gasteiger partial charge in [-0.15, -0.1) is 0 Å². The number of rotatable bonds is 8. The molecular weight excluding hydrogens is 813 g/mol. The maximum absolute atomic E-state index is 12.9. The van der Waals surface area contributed by atoms with Gasteiger partial charge in [-0.3, -0.25) is 25.0 Å². The molecule has 0 spiro atoms. The molecule has 4 heterocycles. The number of carbonyl (C=O) groups excluding carboxylic acids is 5. The summed E-state index contributed by atoms with van der Waals surface area (Å²) in [6.45, 7) is 24.4. The first kappa shape index (κ1) is 46.7. The minimum Gasteiger partial charge on any atom is -0.466 e. The van der Waals surface area contributed by atoms with Gasteiger partial charge < -0.3 is 25.2 Å². The minimum absolute atomic E-state index is 0.128. The molecule has 6 rings (SSSR count). The van der Waals surface area contributed by atoms with Crippen LogP contribution in [0.15, 0.2) is 24.3 Å². The van der Waals surface area contributed by atoms with Crippen LogP contribution >= 0.6 is 22.7 Å². The van der Waals surface area contributed by atoms with Crippen LogP contribution in [0.5, 0.6) is 0 Å². The van der Waals surface area contributed by atoms with Gasteiger partial charge in [-0.05, 0) is 116 Å². The third kappa shape index (κ3) is 12.2. The molecule has 16 heteroatoms. The van der Waals surface area contributed by atoms with E-state index in [1.807, 2.05) is 70.7 Å². The second-order valence-electron chi connectivity index (χ2n) is 16.9. The third-order valence-corrected chi connectivity index (χ3v) is 13.0. The average molecular weight is 873 g/mol. The SMILES string of the molecule is CCOC(=O)C1CCN(C(=O)Nc2nc(C)c(C(=O)Nc3c(C)cc(C)cc3C)s2)CC1.Cc1cc(C)c(NC(=O)c2sc(NC(=O)N3CCCC(C)(C)C3)nc2C)c(C)c1. The molecule has 0 aliphatic carbocycles. The zero-order valence-electron chi connectivity index (χ0n) is 37.3. The van der Waals surface area contributed by atoms with E-state index in [9.17, 15) is 24.0 Å². The summed E-state index contributed by atoms with van der Waals surface area (Å²) in [6.07, 6.45) is 3.27. The number of urea groups is 2. The standard InChI is InChI=1S/C23H30N4O4S.C22H30N4O2S/c1-6-31-21(29)17-7-9-27(10-8-17)23(30)26-22-24-16(5)19(32-22)20(28)25-18-14(3)11-13(2)12-15(18)4;1-13-10-14(2)17(15(3)11-13)24-19(27)18-16(4)23-20(29-18)25-21(28)26-9-7-8-22(5,6)12-26/h11-12,17H,6-10H2,1-5H3,(H,25,28)(H,24,26,30);10-11H,7-9,12H2,1-6H3,(H,24,27)(H,23,25,28). The molecule has 2 fully saturated rings. The van der Waals surface area contributed by atoms with Crippen LogP contribution < -0.4 is 21.3 Å². The van der Waals surface area contributed by atoms with Crippen LogP contribution in [0, 0.1) is 66.7 Å². The Hall–Kier alpha value is -5.35.